The SMILES string of the molecule is CC(O)(CNC(=O)c1ccccc1Oc1ccccc1)c1cc2ccccc2o1. The first kappa shape index (κ1) is 18.8. The van der Waals surface area contributed by atoms with Crippen LogP contribution in [0, 0.1) is 0 Å². The second-order valence-electron chi connectivity index (χ2n) is 7.02. The lowest BCUT2D eigenvalue weighted by molar-refractivity contribution is 0.0344. The van der Waals surface area contributed by atoms with Crippen LogP contribution < -0.4 is 10.1 Å². The molecule has 1 unspecified atom stereocenters. The lowest BCUT2D eigenvalue weighted by Crippen LogP contribution is -2.38. The third-order valence-corrected chi connectivity index (χ3v) is 4.65. The van der Waals surface area contributed by atoms with E-state index in [4.69, 9.17) is 9.15 Å². The molecule has 0 saturated heterocycles. The van der Waals surface area contributed by atoms with Crippen LogP contribution in [0.25, 0.3) is 11.0 Å². The molecule has 0 saturated carbocycles. The molecular weight excluding hydrogens is 366 g/mol. The van der Waals surface area contributed by atoms with Crippen molar-refractivity contribution >= 4 is 16.9 Å². The van der Waals surface area contributed by atoms with Crippen LogP contribution in [0.2, 0.25) is 0 Å². The van der Waals surface area contributed by atoms with Gasteiger partial charge in [0.2, 0.25) is 0 Å². The Kier molecular flexibility index (Phi) is 5.06. The van der Waals surface area contributed by atoms with Crippen molar-refractivity contribution in [1.82, 2.24) is 5.32 Å². The molecule has 3 aromatic carbocycles. The van der Waals surface area contributed by atoms with Gasteiger partial charge < -0.3 is 19.6 Å². The molecular formula is C24H21NO4. The van der Waals surface area contributed by atoms with Gasteiger partial charge >= 0.3 is 0 Å². The van der Waals surface area contributed by atoms with Gasteiger partial charge in [0.15, 0.2) is 0 Å². The number of para-hydroxylation sites is 3. The third kappa shape index (κ3) is 4.15. The number of ether oxygens (including phenoxy) is 1. The van der Waals surface area contributed by atoms with Crippen molar-refractivity contribution in [2.24, 2.45) is 0 Å². The van der Waals surface area contributed by atoms with Gasteiger partial charge in [0.05, 0.1) is 12.1 Å². The van der Waals surface area contributed by atoms with E-state index in [1.54, 1.807) is 37.3 Å². The average molecular weight is 387 g/mol. The highest BCUT2D eigenvalue weighted by Crippen LogP contribution is 2.28. The average Bonchev–Trinajstić information content (AvgIpc) is 3.19. The van der Waals surface area contributed by atoms with Gasteiger partial charge in [0.1, 0.15) is 28.4 Å². The van der Waals surface area contributed by atoms with E-state index in [1.807, 2.05) is 54.6 Å². The van der Waals surface area contributed by atoms with Gasteiger partial charge in [-0.3, -0.25) is 4.79 Å². The first-order valence-corrected chi connectivity index (χ1v) is 9.34. The van der Waals surface area contributed by atoms with Crippen LogP contribution in [-0.2, 0) is 5.60 Å². The lowest BCUT2D eigenvalue weighted by atomic mass is 10.0. The Labute approximate surface area is 168 Å². The highest BCUT2D eigenvalue weighted by atomic mass is 16.5. The summed E-state index contributed by atoms with van der Waals surface area (Å²) in [5.41, 5.74) is -0.281. The van der Waals surface area contributed by atoms with Crippen molar-refractivity contribution < 1.29 is 19.1 Å². The molecule has 29 heavy (non-hydrogen) atoms. The van der Waals surface area contributed by atoms with Crippen LogP contribution in [0.1, 0.15) is 23.0 Å². The standard InChI is InChI=1S/C24H21NO4/c1-24(27,22-15-17-9-5-7-13-20(17)29-22)16-25-23(26)19-12-6-8-14-21(19)28-18-10-3-2-4-11-18/h2-15,27H,16H2,1H3,(H,25,26). The van der Waals surface area contributed by atoms with Crippen molar-refractivity contribution in [3.8, 4) is 11.5 Å². The van der Waals surface area contributed by atoms with E-state index in [0.717, 1.165) is 5.39 Å². The summed E-state index contributed by atoms with van der Waals surface area (Å²) in [6.45, 7) is 1.60. The molecule has 0 fully saturated rings. The zero-order chi connectivity index (χ0) is 20.3. The fraction of sp³-hybridized carbons (Fsp3) is 0.125. The Morgan fingerprint density at radius 1 is 1.00 bits per heavy atom. The molecule has 1 heterocycles. The van der Waals surface area contributed by atoms with Crippen LogP contribution in [0.15, 0.2) is 89.3 Å². The van der Waals surface area contributed by atoms with Crippen LogP contribution in [0.3, 0.4) is 0 Å². The number of hydrogen-bond donors (Lipinski definition) is 2. The molecule has 0 radical (unpaired) electrons. The van der Waals surface area contributed by atoms with Gasteiger partial charge in [-0.1, -0.05) is 48.5 Å². The molecule has 5 heteroatoms. The minimum atomic E-state index is -1.36. The van der Waals surface area contributed by atoms with Gasteiger partial charge in [-0.05, 0) is 43.3 Å². The molecule has 4 rings (SSSR count). The van der Waals surface area contributed by atoms with E-state index < -0.39 is 5.60 Å². The summed E-state index contributed by atoms with van der Waals surface area (Å²) in [7, 11) is 0. The Morgan fingerprint density at radius 3 is 2.48 bits per heavy atom. The fourth-order valence-electron chi connectivity index (χ4n) is 3.04. The Morgan fingerprint density at radius 2 is 1.69 bits per heavy atom. The number of hydrogen-bond acceptors (Lipinski definition) is 4. The molecule has 0 aliphatic heterocycles. The topological polar surface area (TPSA) is 71.7 Å². The number of furan rings is 1. The molecule has 0 bridgehead atoms. The second-order valence-corrected chi connectivity index (χ2v) is 7.02. The van der Waals surface area contributed by atoms with Crippen molar-refractivity contribution in [3.63, 3.8) is 0 Å². The number of rotatable bonds is 6. The number of carbonyl (C=O) groups is 1. The van der Waals surface area contributed by atoms with E-state index in [9.17, 15) is 9.90 Å². The summed E-state index contributed by atoms with van der Waals surface area (Å²) >= 11 is 0. The molecule has 1 aromatic heterocycles. The van der Waals surface area contributed by atoms with Crippen molar-refractivity contribution in [2.45, 2.75) is 12.5 Å². The minimum absolute atomic E-state index is 0.00860. The van der Waals surface area contributed by atoms with E-state index in [1.165, 1.54) is 0 Å². The quantitative estimate of drug-likeness (QED) is 0.495. The Balaban J connectivity index is 1.49. The predicted octanol–water partition coefficient (Wildman–Crippen LogP) is 4.86. The van der Waals surface area contributed by atoms with E-state index in [2.05, 4.69) is 5.32 Å². The summed E-state index contributed by atoms with van der Waals surface area (Å²) in [4.78, 5) is 12.8. The molecule has 0 aliphatic carbocycles. The molecule has 1 atom stereocenters. The Bertz CT molecular complexity index is 1100. The normalized spacial score (nSPS) is 13.0. The molecule has 0 spiro atoms. The maximum Gasteiger partial charge on any atom is 0.255 e. The van der Waals surface area contributed by atoms with Crippen LogP contribution >= 0.6 is 0 Å². The summed E-state index contributed by atoms with van der Waals surface area (Å²) in [6.07, 6.45) is 0. The monoisotopic (exact) mass is 387 g/mol. The smallest absolute Gasteiger partial charge is 0.255 e. The maximum absolute atomic E-state index is 12.8. The van der Waals surface area contributed by atoms with Crippen LogP contribution in [0.4, 0.5) is 0 Å². The fourth-order valence-corrected chi connectivity index (χ4v) is 3.04. The van der Waals surface area contributed by atoms with Gasteiger partial charge in [0, 0.05) is 5.39 Å². The number of fused-ring (bicyclic) bond motifs is 1. The van der Waals surface area contributed by atoms with Crippen molar-refractivity contribution in [1.29, 1.82) is 0 Å². The molecule has 5 nitrogen and oxygen atoms in total. The van der Waals surface area contributed by atoms with Gasteiger partial charge in [0.25, 0.3) is 5.91 Å². The molecule has 2 N–H and O–H groups in total. The molecule has 146 valence electrons. The summed E-state index contributed by atoms with van der Waals surface area (Å²) < 4.78 is 11.6. The Hall–Kier alpha value is -3.57. The molecule has 4 aromatic rings. The van der Waals surface area contributed by atoms with E-state index >= 15 is 0 Å². The van der Waals surface area contributed by atoms with Gasteiger partial charge in [-0.15, -0.1) is 0 Å². The number of nitrogens with one attached hydrogen (secondary N) is 1. The molecule has 1 amide bonds. The van der Waals surface area contributed by atoms with Gasteiger partial charge in [-0.25, -0.2) is 0 Å². The number of carbonyl (C=O) groups excluding carboxylic acids is 1. The number of benzene rings is 3. The zero-order valence-electron chi connectivity index (χ0n) is 16.0. The summed E-state index contributed by atoms with van der Waals surface area (Å²) in [6, 6.07) is 25.6. The first-order chi connectivity index (χ1) is 14.0. The highest BCUT2D eigenvalue weighted by Gasteiger charge is 2.28. The van der Waals surface area contributed by atoms with Crippen LogP contribution in [0.5, 0.6) is 11.5 Å². The van der Waals surface area contributed by atoms with E-state index in [-0.39, 0.29) is 12.5 Å². The predicted molar refractivity (Wildman–Crippen MR) is 111 cm³/mol. The second kappa shape index (κ2) is 7.81. The van der Waals surface area contributed by atoms with Crippen LogP contribution in [-0.4, -0.2) is 17.6 Å². The zero-order valence-corrected chi connectivity index (χ0v) is 16.0. The maximum atomic E-state index is 12.8. The summed E-state index contributed by atoms with van der Waals surface area (Å²) in [5, 5.41) is 14.5. The number of amides is 1. The van der Waals surface area contributed by atoms with E-state index in [0.29, 0.717) is 28.4 Å². The van der Waals surface area contributed by atoms with Crippen molar-refractivity contribution in [2.75, 3.05) is 6.54 Å². The van der Waals surface area contributed by atoms with Gasteiger partial charge in [-0.2, -0.15) is 0 Å². The largest absolute Gasteiger partial charge is 0.458 e. The molecule has 0 aliphatic rings. The third-order valence-electron chi connectivity index (χ3n) is 4.65. The minimum Gasteiger partial charge on any atom is -0.458 e. The summed E-state index contributed by atoms with van der Waals surface area (Å²) in [5.74, 6) is 1.14. The lowest BCUT2D eigenvalue weighted by Gasteiger charge is -2.21. The highest BCUT2D eigenvalue weighted by molar-refractivity contribution is 5.97. The first-order valence-electron chi connectivity index (χ1n) is 9.34. The number of aliphatic hydroxyl groups is 1. The van der Waals surface area contributed by atoms with Crippen molar-refractivity contribution in [3.05, 3.63) is 96.3 Å².